The van der Waals surface area contributed by atoms with Gasteiger partial charge >= 0.3 is 6.03 Å². The fourth-order valence-corrected chi connectivity index (χ4v) is 3.07. The Hall–Kier alpha value is -2.30. The lowest BCUT2D eigenvalue weighted by molar-refractivity contribution is 0.0146. The predicted molar refractivity (Wildman–Crippen MR) is 81.3 cm³/mol. The van der Waals surface area contributed by atoms with E-state index < -0.39 is 31.0 Å². The van der Waals surface area contributed by atoms with Crippen molar-refractivity contribution in [2.24, 2.45) is 0 Å². The van der Waals surface area contributed by atoms with Gasteiger partial charge in [-0.25, -0.2) is 18.3 Å². The molecule has 1 unspecified atom stereocenters. The van der Waals surface area contributed by atoms with Crippen LogP contribution in [0.15, 0.2) is 6.20 Å². The molecule has 138 valence electrons. The number of alkyl halides is 2. The van der Waals surface area contributed by atoms with Crippen molar-refractivity contribution < 1.29 is 23.1 Å². The molecule has 1 atom stereocenters. The molecule has 1 N–H and O–H groups in total. The van der Waals surface area contributed by atoms with Crippen LogP contribution in [0.2, 0.25) is 0 Å². The topological polar surface area (TPSA) is 92.6 Å². The number of nitrogens with one attached hydrogen (secondary N) is 1. The summed E-state index contributed by atoms with van der Waals surface area (Å²) in [7, 11) is 1.39. The summed E-state index contributed by atoms with van der Waals surface area (Å²) in [4.78, 5) is 26.8. The molecule has 0 spiro atoms. The zero-order valence-corrected chi connectivity index (χ0v) is 13.8. The van der Waals surface area contributed by atoms with Crippen molar-refractivity contribution in [2.45, 2.75) is 24.9 Å². The van der Waals surface area contributed by atoms with E-state index in [1.807, 2.05) is 0 Å². The molecule has 2 saturated heterocycles. The van der Waals surface area contributed by atoms with Crippen LogP contribution in [0, 0.1) is 0 Å². The second-order valence-corrected chi connectivity index (χ2v) is 6.13. The number of hydrogen-bond donors (Lipinski definition) is 1. The Labute approximate surface area is 142 Å². The molecule has 0 bridgehead atoms. The van der Waals surface area contributed by atoms with Gasteiger partial charge in [0, 0.05) is 26.6 Å². The Morgan fingerprint density at radius 3 is 2.80 bits per heavy atom. The molecule has 11 heteroatoms. The highest BCUT2D eigenvalue weighted by Gasteiger charge is 2.47. The van der Waals surface area contributed by atoms with Gasteiger partial charge in [-0.1, -0.05) is 5.21 Å². The number of aromatic nitrogens is 3. The molecular formula is C14H20F2N6O3. The molecule has 3 rings (SSSR count). The number of carbonyl (C=O) groups excluding carboxylic acids is 2. The largest absolute Gasteiger partial charge is 0.378 e. The van der Waals surface area contributed by atoms with Gasteiger partial charge in [-0.05, 0) is 0 Å². The highest BCUT2D eigenvalue weighted by Crippen LogP contribution is 2.32. The Bertz CT molecular complexity index is 646. The molecule has 0 aliphatic carbocycles. The first-order chi connectivity index (χ1) is 11.9. The van der Waals surface area contributed by atoms with E-state index in [0.29, 0.717) is 26.3 Å². The standard InChI is InChI=1S/C14H20F2N6O3/c1-17-13(24)22-9-14(15,16)6-10(22)7-21-8-11(18-19-21)12(23)20-2-4-25-5-3-20/h8,10H,2-7,9H2,1H3,(H,17,24). The van der Waals surface area contributed by atoms with Crippen LogP contribution in [0.3, 0.4) is 0 Å². The van der Waals surface area contributed by atoms with Crippen LogP contribution in [-0.4, -0.2) is 88.6 Å². The molecular weight excluding hydrogens is 338 g/mol. The maximum atomic E-state index is 13.7. The smallest absolute Gasteiger partial charge is 0.317 e. The molecule has 2 aliphatic rings. The predicted octanol–water partition coefficient (Wildman–Crippen LogP) is -0.200. The molecule has 0 radical (unpaired) electrons. The summed E-state index contributed by atoms with van der Waals surface area (Å²) >= 11 is 0. The van der Waals surface area contributed by atoms with E-state index >= 15 is 0 Å². The minimum absolute atomic E-state index is 0.0480. The summed E-state index contributed by atoms with van der Waals surface area (Å²) in [5, 5.41) is 10.0. The van der Waals surface area contributed by atoms with Crippen molar-refractivity contribution in [3.63, 3.8) is 0 Å². The van der Waals surface area contributed by atoms with Crippen LogP contribution in [0.25, 0.3) is 0 Å². The molecule has 0 saturated carbocycles. The minimum Gasteiger partial charge on any atom is -0.378 e. The molecule has 3 amide bonds. The summed E-state index contributed by atoms with van der Waals surface area (Å²) in [6.45, 7) is 1.31. The molecule has 25 heavy (non-hydrogen) atoms. The number of likely N-dealkylation sites (tertiary alicyclic amines) is 1. The average molecular weight is 358 g/mol. The van der Waals surface area contributed by atoms with E-state index in [2.05, 4.69) is 15.6 Å². The van der Waals surface area contributed by atoms with Crippen molar-refractivity contribution in [3.05, 3.63) is 11.9 Å². The van der Waals surface area contributed by atoms with Gasteiger partial charge in [-0.3, -0.25) is 4.79 Å². The number of rotatable bonds is 3. The van der Waals surface area contributed by atoms with Crippen LogP contribution >= 0.6 is 0 Å². The highest BCUT2D eigenvalue weighted by molar-refractivity contribution is 5.92. The van der Waals surface area contributed by atoms with Gasteiger partial charge in [0.1, 0.15) is 0 Å². The van der Waals surface area contributed by atoms with E-state index in [0.717, 1.165) is 4.90 Å². The molecule has 9 nitrogen and oxygen atoms in total. The zero-order chi connectivity index (χ0) is 18.0. The van der Waals surface area contributed by atoms with E-state index in [4.69, 9.17) is 4.74 Å². The molecule has 0 aromatic carbocycles. The first kappa shape index (κ1) is 17.5. The van der Waals surface area contributed by atoms with E-state index in [-0.39, 0.29) is 18.1 Å². The fraction of sp³-hybridized carbons (Fsp3) is 0.714. The zero-order valence-electron chi connectivity index (χ0n) is 13.8. The van der Waals surface area contributed by atoms with Crippen molar-refractivity contribution in [2.75, 3.05) is 39.9 Å². The Morgan fingerprint density at radius 1 is 1.40 bits per heavy atom. The molecule has 1 aromatic heterocycles. The number of carbonyl (C=O) groups is 2. The molecule has 2 fully saturated rings. The summed E-state index contributed by atoms with van der Waals surface area (Å²) in [5.74, 6) is -3.21. The first-order valence-corrected chi connectivity index (χ1v) is 8.03. The lowest BCUT2D eigenvalue weighted by atomic mass is 10.2. The second kappa shape index (κ2) is 6.90. The first-order valence-electron chi connectivity index (χ1n) is 8.03. The van der Waals surface area contributed by atoms with Crippen LogP contribution in [0.1, 0.15) is 16.9 Å². The highest BCUT2D eigenvalue weighted by atomic mass is 19.3. The Kier molecular flexibility index (Phi) is 4.84. The van der Waals surface area contributed by atoms with Gasteiger partial charge in [0.05, 0.1) is 38.5 Å². The quantitative estimate of drug-likeness (QED) is 0.808. The third kappa shape index (κ3) is 3.86. The van der Waals surface area contributed by atoms with Gasteiger partial charge in [0.25, 0.3) is 11.8 Å². The summed E-state index contributed by atoms with van der Waals surface area (Å²) in [6.07, 6.45) is 0.976. The monoisotopic (exact) mass is 358 g/mol. The van der Waals surface area contributed by atoms with Gasteiger partial charge < -0.3 is 19.9 Å². The van der Waals surface area contributed by atoms with Gasteiger partial charge in [-0.2, -0.15) is 0 Å². The number of nitrogens with zero attached hydrogens (tertiary/aromatic N) is 5. The van der Waals surface area contributed by atoms with Crippen LogP contribution in [0.4, 0.5) is 13.6 Å². The third-order valence-corrected chi connectivity index (χ3v) is 4.31. The number of urea groups is 1. The van der Waals surface area contributed by atoms with Gasteiger partial charge in [0.15, 0.2) is 5.69 Å². The normalized spacial score (nSPS) is 22.9. The van der Waals surface area contributed by atoms with E-state index in [9.17, 15) is 18.4 Å². The Morgan fingerprint density at radius 2 is 2.12 bits per heavy atom. The van der Waals surface area contributed by atoms with Gasteiger partial charge in [-0.15, -0.1) is 5.10 Å². The van der Waals surface area contributed by atoms with Crippen LogP contribution in [-0.2, 0) is 11.3 Å². The maximum absolute atomic E-state index is 13.7. The lowest BCUT2D eigenvalue weighted by Crippen LogP contribution is -2.43. The molecule has 2 aliphatic heterocycles. The Balaban J connectivity index is 1.67. The van der Waals surface area contributed by atoms with Crippen molar-refractivity contribution in [1.29, 1.82) is 0 Å². The van der Waals surface area contributed by atoms with Gasteiger partial charge in [0.2, 0.25) is 0 Å². The van der Waals surface area contributed by atoms with Crippen molar-refractivity contribution in [3.8, 4) is 0 Å². The maximum Gasteiger partial charge on any atom is 0.317 e. The number of amides is 3. The number of morpholine rings is 1. The fourth-order valence-electron chi connectivity index (χ4n) is 3.07. The van der Waals surface area contributed by atoms with Crippen LogP contribution < -0.4 is 5.32 Å². The number of halogens is 2. The minimum atomic E-state index is -2.94. The molecule has 1 aromatic rings. The van der Waals surface area contributed by atoms with Crippen molar-refractivity contribution in [1.82, 2.24) is 30.1 Å². The lowest BCUT2D eigenvalue weighted by Gasteiger charge is -2.25. The van der Waals surface area contributed by atoms with E-state index in [1.54, 1.807) is 4.90 Å². The summed E-state index contributed by atoms with van der Waals surface area (Å²) in [6, 6.07) is -1.28. The molecule has 3 heterocycles. The summed E-state index contributed by atoms with van der Waals surface area (Å²) in [5.41, 5.74) is 0.151. The number of hydrogen-bond acceptors (Lipinski definition) is 5. The SMILES string of the molecule is CNC(=O)N1CC(F)(F)CC1Cn1cc(C(=O)N2CCOCC2)nn1. The summed E-state index contributed by atoms with van der Waals surface area (Å²) < 4.78 is 33.9. The number of ether oxygens (including phenoxy) is 1. The van der Waals surface area contributed by atoms with E-state index in [1.165, 1.54) is 17.9 Å². The average Bonchev–Trinajstić information content (AvgIpc) is 3.18. The van der Waals surface area contributed by atoms with Crippen molar-refractivity contribution >= 4 is 11.9 Å². The third-order valence-electron chi connectivity index (χ3n) is 4.31. The second-order valence-electron chi connectivity index (χ2n) is 6.13. The van der Waals surface area contributed by atoms with Crippen LogP contribution in [0.5, 0.6) is 0 Å².